The highest BCUT2D eigenvalue weighted by atomic mass is 35.5. The molecule has 0 aliphatic carbocycles. The molecule has 0 aliphatic heterocycles. The zero-order valence-electron chi connectivity index (χ0n) is 13.1. The van der Waals surface area contributed by atoms with Gasteiger partial charge in [0.2, 0.25) is 0 Å². The van der Waals surface area contributed by atoms with Crippen molar-refractivity contribution in [2.45, 2.75) is 24.8 Å². The Morgan fingerprint density at radius 1 is 1.21 bits per heavy atom. The Kier molecular flexibility index (Phi) is 4.67. The highest BCUT2D eigenvalue weighted by Crippen LogP contribution is 2.32. The largest absolute Gasteiger partial charge is 0.278 e. The summed E-state index contributed by atoms with van der Waals surface area (Å²) in [6.45, 7) is 3.90. The maximum atomic E-state index is 12.9. The molecule has 126 valence electrons. The number of benzene rings is 1. The molecule has 2 aromatic heterocycles. The third-order valence-corrected chi connectivity index (χ3v) is 5.96. The fourth-order valence-electron chi connectivity index (χ4n) is 2.16. The van der Waals surface area contributed by atoms with E-state index in [4.69, 9.17) is 11.6 Å². The Morgan fingerprint density at radius 2 is 1.96 bits per heavy atom. The normalized spacial score (nSPS) is 11.8. The number of thiophene rings is 1. The number of sulfonamides is 1. The first-order chi connectivity index (χ1) is 11.4. The average molecular weight is 382 g/mol. The molecule has 0 atom stereocenters. The van der Waals surface area contributed by atoms with Gasteiger partial charge in [-0.3, -0.25) is 9.40 Å². The van der Waals surface area contributed by atoms with Crippen LogP contribution >= 0.6 is 22.9 Å². The molecule has 1 aromatic carbocycles. The first-order valence-electron chi connectivity index (χ1n) is 7.29. The molecule has 2 heterocycles. The van der Waals surface area contributed by atoms with Gasteiger partial charge in [-0.2, -0.15) is 5.10 Å². The standard InChI is InChI=1S/C16H16ClN3O2S2/c1-11(2)20-10-15(16(18-20)14-8-5-9-23-14)24(21,22)19-13-7-4-3-6-12(13)17/h3-11,19H,1-2H3. The van der Waals surface area contributed by atoms with E-state index in [-0.39, 0.29) is 10.9 Å². The van der Waals surface area contributed by atoms with E-state index >= 15 is 0 Å². The van der Waals surface area contributed by atoms with E-state index in [9.17, 15) is 8.42 Å². The van der Waals surface area contributed by atoms with E-state index in [1.54, 1.807) is 35.1 Å². The molecule has 0 spiro atoms. The topological polar surface area (TPSA) is 64.0 Å². The average Bonchev–Trinajstić information content (AvgIpc) is 3.18. The fraction of sp³-hybridized carbons (Fsp3) is 0.188. The number of hydrogen-bond donors (Lipinski definition) is 1. The molecule has 0 radical (unpaired) electrons. The molecule has 0 saturated carbocycles. The second-order valence-electron chi connectivity index (χ2n) is 5.48. The minimum atomic E-state index is -3.82. The van der Waals surface area contributed by atoms with Crippen molar-refractivity contribution in [3.05, 3.63) is 53.0 Å². The number of halogens is 1. The van der Waals surface area contributed by atoms with E-state index in [1.165, 1.54) is 11.3 Å². The van der Waals surface area contributed by atoms with E-state index in [2.05, 4.69) is 9.82 Å². The first kappa shape index (κ1) is 17.0. The van der Waals surface area contributed by atoms with Gasteiger partial charge < -0.3 is 0 Å². The molecule has 0 fully saturated rings. The van der Waals surface area contributed by atoms with Crippen LogP contribution in [0.1, 0.15) is 19.9 Å². The van der Waals surface area contributed by atoms with Crippen molar-refractivity contribution in [2.24, 2.45) is 0 Å². The molecule has 3 aromatic rings. The molecule has 5 nitrogen and oxygen atoms in total. The maximum absolute atomic E-state index is 12.9. The second-order valence-corrected chi connectivity index (χ2v) is 8.48. The smallest absolute Gasteiger partial charge is 0.265 e. The molecular weight excluding hydrogens is 366 g/mol. The summed E-state index contributed by atoms with van der Waals surface area (Å²) in [5.74, 6) is 0. The van der Waals surface area contributed by atoms with Crippen LogP contribution in [0.4, 0.5) is 5.69 Å². The van der Waals surface area contributed by atoms with Crippen LogP contribution < -0.4 is 4.72 Å². The van der Waals surface area contributed by atoms with Gasteiger partial charge in [0.25, 0.3) is 10.0 Å². The van der Waals surface area contributed by atoms with Gasteiger partial charge in [-0.15, -0.1) is 11.3 Å². The molecule has 0 aliphatic rings. The molecule has 0 amide bonds. The highest BCUT2D eigenvalue weighted by molar-refractivity contribution is 7.92. The number of nitrogens with zero attached hydrogens (tertiary/aromatic N) is 2. The monoisotopic (exact) mass is 381 g/mol. The third kappa shape index (κ3) is 3.33. The molecule has 3 rings (SSSR count). The van der Waals surface area contributed by atoms with Crippen LogP contribution in [0.3, 0.4) is 0 Å². The quantitative estimate of drug-likeness (QED) is 0.699. The predicted octanol–water partition coefficient (Wildman–Crippen LogP) is 4.65. The first-order valence-corrected chi connectivity index (χ1v) is 10.0. The van der Waals surface area contributed by atoms with Crippen LogP contribution in [0.5, 0.6) is 0 Å². The molecule has 0 bridgehead atoms. The molecular formula is C16H16ClN3O2S2. The molecule has 1 N–H and O–H groups in total. The van der Waals surface area contributed by atoms with Crippen LogP contribution in [0, 0.1) is 0 Å². The van der Waals surface area contributed by atoms with E-state index < -0.39 is 10.0 Å². The zero-order valence-corrected chi connectivity index (χ0v) is 15.5. The van der Waals surface area contributed by atoms with Crippen LogP contribution in [0.15, 0.2) is 52.9 Å². The number of rotatable bonds is 5. The number of para-hydroxylation sites is 1. The lowest BCUT2D eigenvalue weighted by molar-refractivity contribution is 0.532. The molecule has 8 heteroatoms. The third-order valence-electron chi connectivity index (χ3n) is 3.39. The van der Waals surface area contributed by atoms with E-state index in [0.717, 1.165) is 4.88 Å². The minimum absolute atomic E-state index is 0.0491. The molecule has 24 heavy (non-hydrogen) atoms. The summed E-state index contributed by atoms with van der Waals surface area (Å²) in [7, 11) is -3.82. The highest BCUT2D eigenvalue weighted by Gasteiger charge is 2.25. The van der Waals surface area contributed by atoms with Crippen molar-refractivity contribution >= 4 is 38.6 Å². The van der Waals surface area contributed by atoms with Gasteiger partial charge in [-0.25, -0.2) is 8.42 Å². The van der Waals surface area contributed by atoms with E-state index in [1.807, 2.05) is 31.4 Å². The summed E-state index contributed by atoms with van der Waals surface area (Å²) in [6.07, 6.45) is 1.55. The van der Waals surface area contributed by atoms with Crippen molar-refractivity contribution in [3.8, 4) is 10.6 Å². The van der Waals surface area contributed by atoms with Crippen LogP contribution in [0.25, 0.3) is 10.6 Å². The van der Waals surface area contributed by atoms with Gasteiger partial charge in [0.1, 0.15) is 10.6 Å². The van der Waals surface area contributed by atoms with Crippen molar-refractivity contribution in [3.63, 3.8) is 0 Å². The summed E-state index contributed by atoms with van der Waals surface area (Å²) >= 11 is 7.51. The van der Waals surface area contributed by atoms with Crippen LogP contribution in [0.2, 0.25) is 5.02 Å². The fourth-order valence-corrected chi connectivity index (χ4v) is 4.42. The second kappa shape index (κ2) is 6.58. The van der Waals surface area contributed by atoms with Gasteiger partial charge in [0, 0.05) is 12.2 Å². The lowest BCUT2D eigenvalue weighted by Gasteiger charge is -2.09. The lowest BCUT2D eigenvalue weighted by Crippen LogP contribution is -2.13. The lowest BCUT2D eigenvalue weighted by atomic mass is 10.3. The summed E-state index contributed by atoms with van der Waals surface area (Å²) in [5, 5.41) is 6.69. The summed E-state index contributed by atoms with van der Waals surface area (Å²) in [4.78, 5) is 0.938. The van der Waals surface area contributed by atoms with Crippen LogP contribution in [-0.4, -0.2) is 18.2 Å². The molecule has 0 unspecified atom stereocenters. The Balaban J connectivity index is 2.09. The predicted molar refractivity (Wildman–Crippen MR) is 98.2 cm³/mol. The Morgan fingerprint density at radius 3 is 2.58 bits per heavy atom. The molecule has 0 saturated heterocycles. The van der Waals surface area contributed by atoms with E-state index in [0.29, 0.717) is 16.4 Å². The van der Waals surface area contributed by atoms with Crippen LogP contribution in [-0.2, 0) is 10.0 Å². The van der Waals surface area contributed by atoms with Gasteiger partial charge in [0.05, 0.1) is 15.6 Å². The maximum Gasteiger partial charge on any atom is 0.265 e. The number of aromatic nitrogens is 2. The van der Waals surface area contributed by atoms with Gasteiger partial charge in [-0.1, -0.05) is 29.8 Å². The number of hydrogen-bond acceptors (Lipinski definition) is 4. The Hall–Kier alpha value is -1.83. The van der Waals surface area contributed by atoms with Crippen molar-refractivity contribution in [2.75, 3.05) is 4.72 Å². The van der Waals surface area contributed by atoms with Gasteiger partial charge >= 0.3 is 0 Å². The summed E-state index contributed by atoms with van der Waals surface area (Å²) in [5.41, 5.74) is 0.784. The zero-order chi connectivity index (χ0) is 17.3. The van der Waals surface area contributed by atoms with Crippen molar-refractivity contribution < 1.29 is 8.42 Å². The summed E-state index contributed by atoms with van der Waals surface area (Å²) < 4.78 is 30.0. The van der Waals surface area contributed by atoms with Gasteiger partial charge in [-0.05, 0) is 37.4 Å². The minimum Gasteiger partial charge on any atom is -0.278 e. The number of nitrogens with one attached hydrogen (secondary N) is 1. The summed E-state index contributed by atoms with van der Waals surface area (Å²) in [6, 6.07) is 10.5. The Bertz CT molecular complexity index is 948. The Labute approximate surface area is 150 Å². The van der Waals surface area contributed by atoms with Crippen molar-refractivity contribution in [1.29, 1.82) is 0 Å². The van der Waals surface area contributed by atoms with Crippen molar-refractivity contribution in [1.82, 2.24) is 9.78 Å². The SMILES string of the molecule is CC(C)n1cc(S(=O)(=O)Nc2ccccc2Cl)c(-c2cccs2)n1. The number of anilines is 1. The van der Waals surface area contributed by atoms with Gasteiger partial charge in [0.15, 0.2) is 0 Å².